The molecular weight excluding hydrogens is 136 g/mol. The first-order chi connectivity index (χ1) is 4.33. The summed E-state index contributed by atoms with van der Waals surface area (Å²) in [5, 5.41) is 0. The van der Waals surface area contributed by atoms with Crippen LogP contribution in [0.3, 0.4) is 0 Å². The summed E-state index contributed by atoms with van der Waals surface area (Å²) in [6.45, 7) is 4.28. The summed E-state index contributed by atoms with van der Waals surface area (Å²) in [6.07, 6.45) is 1.14. The molecule has 0 unspecified atom stereocenters. The monoisotopic (exact) mass is 154 g/mol. The van der Waals surface area contributed by atoms with Gasteiger partial charge in [0.15, 0.2) is 0 Å². The van der Waals surface area contributed by atoms with Crippen LogP contribution >= 0.6 is 0 Å². The second-order valence-corrected chi connectivity index (χ2v) is 2.34. The fraction of sp³-hybridized carbons (Fsp3) is 0.333. The molecule has 2 nitrogen and oxygen atoms in total. The first-order valence-electron chi connectivity index (χ1n) is 3.38. The fourth-order valence-electron chi connectivity index (χ4n) is 0.824. The van der Waals surface area contributed by atoms with Crippen LogP contribution in [-0.4, -0.2) is 0 Å². The zero-order valence-electron chi connectivity index (χ0n) is 7.43. The van der Waals surface area contributed by atoms with Crippen LogP contribution in [0.2, 0.25) is 0 Å². The molecule has 11 heavy (non-hydrogen) atoms. The minimum atomic E-state index is 0. The van der Waals surface area contributed by atoms with Gasteiger partial charge in [-0.2, -0.15) is 0 Å². The molecule has 0 aliphatic carbocycles. The van der Waals surface area contributed by atoms with E-state index in [4.69, 9.17) is 0 Å². The molecule has 0 saturated heterocycles. The van der Waals surface area contributed by atoms with E-state index in [1.54, 1.807) is 0 Å². The van der Waals surface area contributed by atoms with E-state index in [0.29, 0.717) is 0 Å². The molecule has 0 atom stereocenters. The van der Waals surface area contributed by atoms with Crippen LogP contribution < -0.4 is 12.3 Å². The van der Waals surface area contributed by atoms with Crippen molar-refractivity contribution in [1.29, 1.82) is 0 Å². The standard InChI is InChI=1S/C9H12.2H3N/c1-3-9-6-4-8(2)5-7-9;;/h4-7H,3H2,1-2H3;2*1H3. The molecule has 64 valence electrons. The molecule has 0 aliphatic heterocycles. The summed E-state index contributed by atoms with van der Waals surface area (Å²) in [7, 11) is 0. The van der Waals surface area contributed by atoms with E-state index >= 15 is 0 Å². The molecule has 6 N–H and O–H groups in total. The average Bonchev–Trinajstić information content (AvgIpc) is 1.90. The van der Waals surface area contributed by atoms with Crippen LogP contribution in [0.5, 0.6) is 0 Å². The second kappa shape index (κ2) is 5.89. The van der Waals surface area contributed by atoms with Crippen molar-refractivity contribution in [3.8, 4) is 0 Å². The van der Waals surface area contributed by atoms with Crippen molar-refractivity contribution < 1.29 is 0 Å². The lowest BCUT2D eigenvalue weighted by atomic mass is 10.1. The Morgan fingerprint density at radius 2 is 1.45 bits per heavy atom. The molecule has 0 bridgehead atoms. The van der Waals surface area contributed by atoms with E-state index < -0.39 is 0 Å². The molecule has 0 saturated carbocycles. The number of aryl methyl sites for hydroxylation is 2. The van der Waals surface area contributed by atoms with Crippen LogP contribution in [0, 0.1) is 6.92 Å². The van der Waals surface area contributed by atoms with Gasteiger partial charge in [0.2, 0.25) is 0 Å². The first kappa shape index (κ1) is 12.8. The fourth-order valence-corrected chi connectivity index (χ4v) is 0.824. The Morgan fingerprint density at radius 1 is 1.00 bits per heavy atom. The minimum Gasteiger partial charge on any atom is -0.344 e. The molecule has 0 aromatic heterocycles. The Labute approximate surface area is 68.8 Å². The normalized spacial score (nSPS) is 7.82. The largest absolute Gasteiger partial charge is 0.344 e. The van der Waals surface area contributed by atoms with E-state index in [0.717, 1.165) is 6.42 Å². The highest BCUT2D eigenvalue weighted by atomic mass is 14.0. The van der Waals surface area contributed by atoms with Gasteiger partial charge in [-0.3, -0.25) is 0 Å². The predicted molar refractivity (Wildman–Crippen MR) is 50.6 cm³/mol. The van der Waals surface area contributed by atoms with Crippen molar-refractivity contribution in [2.24, 2.45) is 0 Å². The summed E-state index contributed by atoms with van der Waals surface area (Å²) in [6, 6.07) is 8.66. The molecular formula is C9H18N2. The predicted octanol–water partition coefficient (Wildman–Crippen LogP) is 2.88. The molecule has 1 aromatic carbocycles. The molecule has 0 radical (unpaired) electrons. The van der Waals surface area contributed by atoms with E-state index in [1.807, 2.05) is 0 Å². The van der Waals surface area contributed by atoms with Crippen LogP contribution in [0.15, 0.2) is 24.3 Å². The van der Waals surface area contributed by atoms with Gasteiger partial charge < -0.3 is 12.3 Å². The zero-order valence-corrected chi connectivity index (χ0v) is 7.43. The summed E-state index contributed by atoms with van der Waals surface area (Å²) >= 11 is 0. The summed E-state index contributed by atoms with van der Waals surface area (Å²) in [5.74, 6) is 0. The topological polar surface area (TPSA) is 70.0 Å². The zero-order chi connectivity index (χ0) is 6.69. The van der Waals surface area contributed by atoms with Gasteiger partial charge in [-0.25, -0.2) is 0 Å². The number of rotatable bonds is 1. The molecule has 0 aliphatic rings. The Hall–Kier alpha value is -0.860. The Bertz CT molecular complexity index is 179. The summed E-state index contributed by atoms with van der Waals surface area (Å²) in [4.78, 5) is 0. The van der Waals surface area contributed by atoms with Gasteiger partial charge in [-0.15, -0.1) is 0 Å². The molecule has 1 rings (SSSR count). The van der Waals surface area contributed by atoms with Gasteiger partial charge in [0.25, 0.3) is 0 Å². The summed E-state index contributed by atoms with van der Waals surface area (Å²) < 4.78 is 0. The van der Waals surface area contributed by atoms with Crippen molar-refractivity contribution in [3.63, 3.8) is 0 Å². The second-order valence-electron chi connectivity index (χ2n) is 2.34. The van der Waals surface area contributed by atoms with Gasteiger partial charge in [0.1, 0.15) is 0 Å². The van der Waals surface area contributed by atoms with E-state index in [2.05, 4.69) is 38.1 Å². The van der Waals surface area contributed by atoms with Gasteiger partial charge in [-0.05, 0) is 18.9 Å². The third-order valence-corrected chi connectivity index (χ3v) is 1.53. The minimum absolute atomic E-state index is 0. The molecule has 2 heteroatoms. The van der Waals surface area contributed by atoms with Crippen LogP contribution in [0.25, 0.3) is 0 Å². The van der Waals surface area contributed by atoms with Crippen LogP contribution in [0.1, 0.15) is 18.1 Å². The highest BCUT2D eigenvalue weighted by Gasteiger charge is 1.84. The van der Waals surface area contributed by atoms with Gasteiger partial charge in [0.05, 0.1) is 0 Å². The van der Waals surface area contributed by atoms with Crippen molar-refractivity contribution in [2.45, 2.75) is 20.3 Å². The number of benzene rings is 1. The maximum atomic E-state index is 2.18. The molecule has 0 heterocycles. The first-order valence-corrected chi connectivity index (χ1v) is 3.38. The molecule has 0 amide bonds. The van der Waals surface area contributed by atoms with Gasteiger partial charge in [-0.1, -0.05) is 36.8 Å². The Morgan fingerprint density at radius 3 is 1.82 bits per heavy atom. The van der Waals surface area contributed by atoms with Crippen molar-refractivity contribution in [1.82, 2.24) is 12.3 Å². The third kappa shape index (κ3) is 3.75. The Kier molecular flexibility index (Phi) is 6.85. The van der Waals surface area contributed by atoms with Crippen molar-refractivity contribution in [3.05, 3.63) is 35.4 Å². The maximum absolute atomic E-state index is 2.18. The maximum Gasteiger partial charge on any atom is -0.0307 e. The SMILES string of the molecule is CCc1ccc(C)cc1.N.N. The highest BCUT2D eigenvalue weighted by Crippen LogP contribution is 2.02. The molecule has 0 spiro atoms. The van der Waals surface area contributed by atoms with Crippen LogP contribution in [0.4, 0.5) is 0 Å². The third-order valence-electron chi connectivity index (χ3n) is 1.53. The van der Waals surface area contributed by atoms with Gasteiger partial charge >= 0.3 is 0 Å². The van der Waals surface area contributed by atoms with Crippen LogP contribution in [-0.2, 0) is 6.42 Å². The lowest BCUT2D eigenvalue weighted by Crippen LogP contribution is -1.77. The highest BCUT2D eigenvalue weighted by molar-refractivity contribution is 5.20. The quantitative estimate of drug-likeness (QED) is 0.653. The lowest BCUT2D eigenvalue weighted by Gasteiger charge is -1.94. The summed E-state index contributed by atoms with van der Waals surface area (Å²) in [5.41, 5.74) is 2.76. The molecule has 1 aromatic rings. The number of hydrogen-bond acceptors (Lipinski definition) is 2. The smallest absolute Gasteiger partial charge is 0.0307 e. The van der Waals surface area contributed by atoms with E-state index in [-0.39, 0.29) is 12.3 Å². The van der Waals surface area contributed by atoms with E-state index in [1.165, 1.54) is 11.1 Å². The lowest BCUT2D eigenvalue weighted by molar-refractivity contribution is 1.14. The molecule has 0 fully saturated rings. The van der Waals surface area contributed by atoms with E-state index in [9.17, 15) is 0 Å². The average molecular weight is 154 g/mol. The van der Waals surface area contributed by atoms with Crippen molar-refractivity contribution >= 4 is 0 Å². The number of hydrogen-bond donors (Lipinski definition) is 2. The Balaban J connectivity index is 0. The van der Waals surface area contributed by atoms with Crippen molar-refractivity contribution in [2.75, 3.05) is 0 Å². The van der Waals surface area contributed by atoms with Gasteiger partial charge in [0, 0.05) is 0 Å².